The molecule has 1 aromatic rings. The molecule has 1 aromatic carbocycles. The van der Waals surface area contributed by atoms with Gasteiger partial charge in [-0.25, -0.2) is 0 Å². The van der Waals surface area contributed by atoms with E-state index in [4.69, 9.17) is 21.1 Å². The van der Waals surface area contributed by atoms with Crippen LogP contribution in [0.25, 0.3) is 0 Å². The minimum atomic E-state index is 0.102. The van der Waals surface area contributed by atoms with Crippen molar-refractivity contribution in [1.82, 2.24) is 0 Å². The topological polar surface area (TPSA) is 18.5 Å². The monoisotopic (exact) mass is 332 g/mol. The van der Waals surface area contributed by atoms with Gasteiger partial charge < -0.3 is 9.47 Å². The van der Waals surface area contributed by atoms with Crippen LogP contribution in [0.5, 0.6) is 0 Å². The second-order valence-electron chi connectivity index (χ2n) is 4.58. The first-order valence-electron chi connectivity index (χ1n) is 6.30. The van der Waals surface area contributed by atoms with Crippen LogP contribution in [0.15, 0.2) is 24.3 Å². The molecule has 0 aromatic heterocycles. The van der Waals surface area contributed by atoms with Crippen LogP contribution in [0.4, 0.5) is 0 Å². The summed E-state index contributed by atoms with van der Waals surface area (Å²) >= 11 is 9.41. The van der Waals surface area contributed by atoms with Gasteiger partial charge in [0.1, 0.15) is 0 Å². The summed E-state index contributed by atoms with van der Waals surface area (Å²) in [6.45, 7) is 2.55. The minimum Gasteiger partial charge on any atom is -0.381 e. The first-order chi connectivity index (χ1) is 8.79. The quantitative estimate of drug-likeness (QED) is 0.751. The van der Waals surface area contributed by atoms with Crippen LogP contribution >= 0.6 is 27.5 Å². The van der Waals surface area contributed by atoms with E-state index >= 15 is 0 Å². The molecule has 1 aliphatic rings. The molecule has 0 spiro atoms. The third-order valence-corrected chi connectivity index (χ3v) is 4.10. The Bertz CT molecular complexity index is 349. The van der Waals surface area contributed by atoms with Gasteiger partial charge in [0.05, 0.1) is 12.7 Å². The molecule has 1 fully saturated rings. The van der Waals surface area contributed by atoms with Crippen LogP contribution in [0, 0.1) is 5.92 Å². The summed E-state index contributed by atoms with van der Waals surface area (Å²) in [6.07, 6.45) is 2.32. The molecule has 0 saturated carbocycles. The largest absolute Gasteiger partial charge is 0.381 e. The lowest BCUT2D eigenvalue weighted by molar-refractivity contribution is -0.00373. The van der Waals surface area contributed by atoms with Crippen LogP contribution in [-0.2, 0) is 9.47 Å². The van der Waals surface area contributed by atoms with E-state index in [9.17, 15) is 0 Å². The summed E-state index contributed by atoms with van der Waals surface area (Å²) in [6, 6.07) is 7.87. The van der Waals surface area contributed by atoms with E-state index in [1.165, 1.54) is 5.56 Å². The summed E-state index contributed by atoms with van der Waals surface area (Å²) < 4.78 is 11.4. The molecule has 0 amide bonds. The average molecular weight is 334 g/mol. The second-order valence-corrected chi connectivity index (χ2v) is 5.67. The highest BCUT2D eigenvalue weighted by atomic mass is 79.9. The molecule has 18 heavy (non-hydrogen) atoms. The zero-order valence-electron chi connectivity index (χ0n) is 10.3. The van der Waals surface area contributed by atoms with E-state index in [1.807, 2.05) is 24.3 Å². The predicted octanol–water partition coefficient (Wildman–Crippen LogP) is 4.22. The molecule has 2 nitrogen and oxygen atoms in total. The van der Waals surface area contributed by atoms with Crippen LogP contribution in [0.3, 0.4) is 0 Å². The fourth-order valence-corrected chi connectivity index (χ4v) is 2.76. The van der Waals surface area contributed by atoms with E-state index in [-0.39, 0.29) is 6.10 Å². The van der Waals surface area contributed by atoms with Crippen molar-refractivity contribution >= 4 is 27.5 Å². The zero-order chi connectivity index (χ0) is 12.8. The number of halogens is 2. The van der Waals surface area contributed by atoms with Crippen molar-refractivity contribution < 1.29 is 9.47 Å². The Morgan fingerprint density at radius 1 is 1.28 bits per heavy atom. The van der Waals surface area contributed by atoms with Crippen molar-refractivity contribution in [2.24, 2.45) is 5.92 Å². The van der Waals surface area contributed by atoms with E-state index in [2.05, 4.69) is 15.9 Å². The van der Waals surface area contributed by atoms with Crippen molar-refractivity contribution in [3.8, 4) is 0 Å². The Hall–Kier alpha value is -0.0900. The van der Waals surface area contributed by atoms with Gasteiger partial charge in [0.2, 0.25) is 0 Å². The van der Waals surface area contributed by atoms with Crippen LogP contribution in [-0.4, -0.2) is 25.2 Å². The number of benzene rings is 1. The van der Waals surface area contributed by atoms with Crippen molar-refractivity contribution in [3.63, 3.8) is 0 Å². The number of rotatable bonds is 5. The third kappa shape index (κ3) is 4.23. The summed E-state index contributed by atoms with van der Waals surface area (Å²) in [5, 5.41) is 1.56. The number of alkyl halides is 1. The number of hydrogen-bond donors (Lipinski definition) is 0. The van der Waals surface area contributed by atoms with Gasteiger partial charge in [0, 0.05) is 23.6 Å². The number of ether oxygens (including phenoxy) is 2. The molecule has 1 atom stereocenters. The lowest BCUT2D eigenvalue weighted by atomic mass is 10.0. The second kappa shape index (κ2) is 7.49. The fraction of sp³-hybridized carbons (Fsp3) is 0.571. The summed E-state index contributed by atoms with van der Waals surface area (Å²) in [4.78, 5) is 0. The lowest BCUT2D eigenvalue weighted by Gasteiger charge is -2.24. The highest BCUT2D eigenvalue weighted by molar-refractivity contribution is 9.09. The van der Waals surface area contributed by atoms with Gasteiger partial charge in [-0.1, -0.05) is 39.7 Å². The number of hydrogen-bond acceptors (Lipinski definition) is 2. The Labute approximate surface area is 122 Å². The summed E-state index contributed by atoms with van der Waals surface area (Å²) in [7, 11) is 0. The summed E-state index contributed by atoms with van der Waals surface area (Å²) in [5.74, 6) is 0.632. The molecule has 2 rings (SSSR count). The molecule has 1 saturated heterocycles. The highest BCUT2D eigenvalue weighted by Gasteiger charge is 2.17. The Morgan fingerprint density at radius 3 is 2.56 bits per heavy atom. The van der Waals surface area contributed by atoms with Crippen molar-refractivity contribution in [3.05, 3.63) is 34.9 Å². The van der Waals surface area contributed by atoms with Gasteiger partial charge in [-0.15, -0.1) is 0 Å². The van der Waals surface area contributed by atoms with E-state index < -0.39 is 0 Å². The molecule has 4 heteroatoms. The van der Waals surface area contributed by atoms with E-state index in [0.29, 0.717) is 5.92 Å². The average Bonchev–Trinajstić information content (AvgIpc) is 2.42. The smallest absolute Gasteiger partial charge is 0.0921 e. The van der Waals surface area contributed by atoms with E-state index in [1.54, 1.807) is 0 Å². The Balaban J connectivity index is 1.86. The van der Waals surface area contributed by atoms with Crippen LogP contribution in [0.1, 0.15) is 24.5 Å². The predicted molar refractivity (Wildman–Crippen MR) is 77.5 cm³/mol. The Kier molecular flexibility index (Phi) is 5.96. The van der Waals surface area contributed by atoms with Gasteiger partial charge in [0.25, 0.3) is 0 Å². The van der Waals surface area contributed by atoms with Gasteiger partial charge in [-0.05, 0) is 36.5 Å². The minimum absolute atomic E-state index is 0.102. The van der Waals surface area contributed by atoms with Gasteiger partial charge in [-0.3, -0.25) is 0 Å². The maximum atomic E-state index is 6.01. The molecule has 0 N–H and O–H groups in total. The molecule has 100 valence electrons. The Morgan fingerprint density at radius 2 is 1.94 bits per heavy atom. The maximum Gasteiger partial charge on any atom is 0.0921 e. The van der Waals surface area contributed by atoms with Crippen LogP contribution < -0.4 is 0 Å². The zero-order valence-corrected chi connectivity index (χ0v) is 12.6. The van der Waals surface area contributed by atoms with Gasteiger partial charge >= 0.3 is 0 Å². The molecule has 0 bridgehead atoms. The van der Waals surface area contributed by atoms with Crippen molar-refractivity contribution in [2.75, 3.05) is 25.2 Å². The van der Waals surface area contributed by atoms with Crippen LogP contribution in [0.2, 0.25) is 5.02 Å². The SMILES string of the molecule is Clc1ccc(C(CBr)OCC2CCOCC2)cc1. The fourth-order valence-electron chi connectivity index (χ4n) is 2.07. The van der Waals surface area contributed by atoms with E-state index in [0.717, 1.165) is 43.0 Å². The van der Waals surface area contributed by atoms with Crippen molar-refractivity contribution in [1.29, 1.82) is 0 Å². The molecule has 1 aliphatic heterocycles. The van der Waals surface area contributed by atoms with Gasteiger partial charge in [0.15, 0.2) is 0 Å². The molecule has 1 heterocycles. The first-order valence-corrected chi connectivity index (χ1v) is 7.80. The highest BCUT2D eigenvalue weighted by Crippen LogP contribution is 2.24. The van der Waals surface area contributed by atoms with Crippen molar-refractivity contribution in [2.45, 2.75) is 18.9 Å². The lowest BCUT2D eigenvalue weighted by Crippen LogP contribution is -2.21. The molecule has 1 unspecified atom stereocenters. The molecule has 0 aliphatic carbocycles. The molecular weight excluding hydrogens is 316 g/mol. The molecule has 0 radical (unpaired) electrons. The standard InChI is InChI=1S/C14H18BrClO2/c15-9-14(12-1-3-13(16)4-2-12)18-10-11-5-7-17-8-6-11/h1-4,11,14H,5-10H2. The molecular formula is C14H18BrClO2. The summed E-state index contributed by atoms with van der Waals surface area (Å²) in [5.41, 5.74) is 1.17. The maximum absolute atomic E-state index is 6.01. The van der Waals surface area contributed by atoms with Gasteiger partial charge in [-0.2, -0.15) is 0 Å². The third-order valence-electron chi connectivity index (χ3n) is 3.26. The first kappa shape index (κ1) is 14.3. The normalized spacial score (nSPS) is 18.8.